The summed E-state index contributed by atoms with van der Waals surface area (Å²) in [6, 6.07) is 6.35. The topological polar surface area (TPSA) is 75.4 Å². The smallest absolute Gasteiger partial charge is 0.324 e. The minimum absolute atomic E-state index is 0.226. The Morgan fingerprint density at radius 2 is 2.12 bits per heavy atom. The average molecular weight is 341 g/mol. The van der Waals surface area contributed by atoms with E-state index in [2.05, 4.69) is 20.0 Å². The third-order valence-electron chi connectivity index (χ3n) is 5.25. The highest BCUT2D eigenvalue weighted by Crippen LogP contribution is 2.42. The summed E-state index contributed by atoms with van der Waals surface area (Å²) in [7, 11) is 0. The van der Waals surface area contributed by atoms with E-state index in [-0.39, 0.29) is 17.2 Å². The Kier molecular flexibility index (Phi) is 3.94. The molecule has 2 fully saturated rings. The van der Waals surface area contributed by atoms with Crippen molar-refractivity contribution in [1.29, 1.82) is 0 Å². The van der Waals surface area contributed by atoms with Gasteiger partial charge < -0.3 is 14.3 Å². The maximum atomic E-state index is 13.0. The van der Waals surface area contributed by atoms with Crippen LogP contribution in [0.25, 0.3) is 0 Å². The SMILES string of the molecule is CC(C)c1noc(N2CCC3(CCN(Cc4ccccn4)C3=O)C2)n1. The normalized spacial score (nSPS) is 23.4. The molecule has 1 spiro atoms. The van der Waals surface area contributed by atoms with E-state index < -0.39 is 0 Å². The number of rotatable bonds is 4. The zero-order valence-electron chi connectivity index (χ0n) is 14.7. The van der Waals surface area contributed by atoms with Gasteiger partial charge in [-0.05, 0) is 25.0 Å². The predicted molar refractivity (Wildman–Crippen MR) is 91.9 cm³/mol. The second-order valence-corrected chi connectivity index (χ2v) is 7.34. The summed E-state index contributed by atoms with van der Waals surface area (Å²) in [5, 5.41) is 4.03. The first-order chi connectivity index (χ1) is 12.1. The van der Waals surface area contributed by atoms with Gasteiger partial charge in [0.1, 0.15) is 0 Å². The number of aromatic nitrogens is 3. The predicted octanol–water partition coefficient (Wildman–Crippen LogP) is 2.22. The summed E-state index contributed by atoms with van der Waals surface area (Å²) in [6.45, 7) is 6.88. The average Bonchev–Trinajstić information content (AvgIpc) is 3.32. The fourth-order valence-corrected chi connectivity index (χ4v) is 3.73. The van der Waals surface area contributed by atoms with Crippen molar-refractivity contribution in [2.24, 2.45) is 5.41 Å². The standard InChI is InChI=1S/C18H23N5O2/c1-13(2)15-20-17(25-21-15)23-10-7-18(12-23)6-9-22(16(18)24)11-14-5-3-4-8-19-14/h3-5,8,13H,6-7,9-12H2,1-2H3. The summed E-state index contributed by atoms with van der Waals surface area (Å²) in [5.41, 5.74) is 0.613. The molecule has 2 aromatic rings. The van der Waals surface area contributed by atoms with Crippen LogP contribution in [0.5, 0.6) is 0 Å². The van der Waals surface area contributed by atoms with Gasteiger partial charge in [-0.1, -0.05) is 25.1 Å². The molecule has 4 rings (SSSR count). The van der Waals surface area contributed by atoms with Gasteiger partial charge in [-0.25, -0.2) is 0 Å². The lowest BCUT2D eigenvalue weighted by atomic mass is 9.85. The third-order valence-corrected chi connectivity index (χ3v) is 5.25. The van der Waals surface area contributed by atoms with Gasteiger partial charge in [-0.2, -0.15) is 4.98 Å². The first-order valence-electron chi connectivity index (χ1n) is 8.85. The molecule has 2 saturated heterocycles. The number of carbonyl (C=O) groups is 1. The van der Waals surface area contributed by atoms with Gasteiger partial charge in [0, 0.05) is 31.7 Å². The van der Waals surface area contributed by atoms with Gasteiger partial charge in [-0.3, -0.25) is 9.78 Å². The first kappa shape index (κ1) is 16.1. The fourth-order valence-electron chi connectivity index (χ4n) is 3.73. The maximum Gasteiger partial charge on any atom is 0.324 e. The van der Waals surface area contributed by atoms with Gasteiger partial charge >= 0.3 is 6.01 Å². The van der Waals surface area contributed by atoms with Crippen LogP contribution in [0.2, 0.25) is 0 Å². The number of nitrogens with zero attached hydrogens (tertiary/aromatic N) is 5. The molecule has 0 radical (unpaired) electrons. The van der Waals surface area contributed by atoms with Crippen molar-refractivity contribution in [3.8, 4) is 0 Å². The molecule has 0 N–H and O–H groups in total. The lowest BCUT2D eigenvalue weighted by Crippen LogP contribution is -2.36. The second kappa shape index (κ2) is 6.13. The van der Waals surface area contributed by atoms with E-state index >= 15 is 0 Å². The van der Waals surface area contributed by atoms with Crippen LogP contribution in [0.3, 0.4) is 0 Å². The van der Waals surface area contributed by atoms with Crippen LogP contribution < -0.4 is 4.90 Å². The number of anilines is 1. The Balaban J connectivity index is 1.45. The number of likely N-dealkylation sites (tertiary alicyclic amines) is 1. The molecule has 0 saturated carbocycles. The minimum atomic E-state index is -0.318. The van der Waals surface area contributed by atoms with Crippen molar-refractivity contribution in [2.45, 2.75) is 39.2 Å². The molecule has 25 heavy (non-hydrogen) atoms. The summed E-state index contributed by atoms with van der Waals surface area (Å²) >= 11 is 0. The summed E-state index contributed by atoms with van der Waals surface area (Å²) in [5.74, 6) is 1.17. The minimum Gasteiger partial charge on any atom is -0.336 e. The maximum absolute atomic E-state index is 13.0. The van der Waals surface area contributed by atoms with E-state index in [4.69, 9.17) is 4.52 Å². The lowest BCUT2D eigenvalue weighted by Gasteiger charge is -2.22. The molecule has 2 aliphatic rings. The van der Waals surface area contributed by atoms with Crippen LogP contribution >= 0.6 is 0 Å². The molecular formula is C18H23N5O2. The highest BCUT2D eigenvalue weighted by atomic mass is 16.5. The van der Waals surface area contributed by atoms with Crippen LogP contribution in [-0.4, -0.2) is 45.6 Å². The summed E-state index contributed by atoms with van der Waals surface area (Å²) in [6.07, 6.45) is 3.48. The molecule has 132 valence electrons. The Morgan fingerprint density at radius 1 is 1.28 bits per heavy atom. The molecule has 4 heterocycles. The first-order valence-corrected chi connectivity index (χ1v) is 8.85. The van der Waals surface area contributed by atoms with Crippen LogP contribution in [0.4, 0.5) is 6.01 Å². The largest absolute Gasteiger partial charge is 0.336 e. The molecule has 0 aromatic carbocycles. The highest BCUT2D eigenvalue weighted by Gasteiger charge is 2.51. The summed E-state index contributed by atoms with van der Waals surface area (Å²) < 4.78 is 5.40. The molecule has 2 aromatic heterocycles. The van der Waals surface area contributed by atoms with Crippen molar-refractivity contribution < 1.29 is 9.32 Å². The number of hydrogen-bond donors (Lipinski definition) is 0. The zero-order chi connectivity index (χ0) is 17.4. The van der Waals surface area contributed by atoms with Gasteiger partial charge in [0.05, 0.1) is 17.7 Å². The molecule has 1 atom stereocenters. The van der Waals surface area contributed by atoms with E-state index in [1.807, 2.05) is 36.9 Å². The monoisotopic (exact) mass is 341 g/mol. The molecular weight excluding hydrogens is 318 g/mol. The summed E-state index contributed by atoms with van der Waals surface area (Å²) in [4.78, 5) is 25.8. The van der Waals surface area contributed by atoms with Gasteiger partial charge in [0.25, 0.3) is 0 Å². The van der Waals surface area contributed by atoms with E-state index in [1.165, 1.54) is 0 Å². The van der Waals surface area contributed by atoms with Gasteiger partial charge in [0.2, 0.25) is 5.91 Å². The molecule has 2 aliphatic heterocycles. The van der Waals surface area contributed by atoms with Crippen LogP contribution in [0.15, 0.2) is 28.9 Å². The molecule has 1 unspecified atom stereocenters. The lowest BCUT2D eigenvalue weighted by molar-refractivity contribution is -0.135. The van der Waals surface area contributed by atoms with Crippen molar-refractivity contribution >= 4 is 11.9 Å². The van der Waals surface area contributed by atoms with Crippen LogP contribution in [0, 0.1) is 5.41 Å². The number of carbonyl (C=O) groups excluding carboxylic acids is 1. The van der Waals surface area contributed by atoms with Crippen molar-refractivity contribution in [1.82, 2.24) is 20.0 Å². The van der Waals surface area contributed by atoms with Gasteiger partial charge in [-0.15, -0.1) is 0 Å². The number of pyridine rings is 1. The molecule has 7 heteroatoms. The Morgan fingerprint density at radius 3 is 2.84 bits per heavy atom. The van der Waals surface area contributed by atoms with E-state index in [0.29, 0.717) is 24.9 Å². The Labute approximate surface area is 147 Å². The fraction of sp³-hybridized carbons (Fsp3) is 0.556. The Bertz CT molecular complexity index is 760. The van der Waals surface area contributed by atoms with E-state index in [9.17, 15) is 4.79 Å². The van der Waals surface area contributed by atoms with Crippen molar-refractivity contribution in [2.75, 3.05) is 24.5 Å². The quantitative estimate of drug-likeness (QED) is 0.849. The number of hydrogen-bond acceptors (Lipinski definition) is 6. The van der Waals surface area contributed by atoms with E-state index in [1.54, 1.807) is 6.20 Å². The highest BCUT2D eigenvalue weighted by molar-refractivity contribution is 5.86. The molecule has 7 nitrogen and oxygen atoms in total. The molecule has 1 amide bonds. The Hall–Kier alpha value is -2.44. The van der Waals surface area contributed by atoms with E-state index in [0.717, 1.165) is 31.6 Å². The third kappa shape index (κ3) is 2.88. The van der Waals surface area contributed by atoms with Crippen molar-refractivity contribution in [3.05, 3.63) is 35.9 Å². The molecule has 0 aliphatic carbocycles. The molecule has 0 bridgehead atoms. The van der Waals surface area contributed by atoms with Crippen molar-refractivity contribution in [3.63, 3.8) is 0 Å². The number of amides is 1. The van der Waals surface area contributed by atoms with Crippen LogP contribution in [0.1, 0.15) is 44.1 Å². The van der Waals surface area contributed by atoms with Gasteiger partial charge in [0.15, 0.2) is 5.82 Å². The van der Waals surface area contributed by atoms with Crippen LogP contribution in [-0.2, 0) is 11.3 Å². The zero-order valence-corrected chi connectivity index (χ0v) is 14.7. The second-order valence-electron chi connectivity index (χ2n) is 7.34.